The maximum Gasteiger partial charge on any atom is 0.271 e. The van der Waals surface area contributed by atoms with Crippen molar-refractivity contribution in [3.63, 3.8) is 0 Å². The van der Waals surface area contributed by atoms with E-state index in [0.717, 1.165) is 17.5 Å². The summed E-state index contributed by atoms with van der Waals surface area (Å²) in [7, 11) is 4.64. The molecule has 2 aromatic rings. The summed E-state index contributed by atoms with van der Waals surface area (Å²) in [6.07, 6.45) is 0.771. The van der Waals surface area contributed by atoms with Crippen LogP contribution >= 0.6 is 0 Å². The number of rotatable bonds is 7. The highest BCUT2D eigenvalue weighted by Gasteiger charge is 2.27. The number of nitrogens with zero attached hydrogens (tertiary/aromatic N) is 2. The molecule has 30 heavy (non-hydrogen) atoms. The van der Waals surface area contributed by atoms with Gasteiger partial charge in [-0.3, -0.25) is 19.8 Å². The molecule has 1 amide bonds. The lowest BCUT2D eigenvalue weighted by molar-refractivity contribution is -0.384. The molecule has 3 rings (SSSR count). The Bertz CT molecular complexity index is 962. The molecule has 160 valence electrons. The molecule has 1 heterocycles. The van der Waals surface area contributed by atoms with Crippen molar-refractivity contribution in [1.29, 1.82) is 0 Å². The Morgan fingerprint density at radius 1 is 1.07 bits per heavy atom. The molecule has 0 fully saturated rings. The monoisotopic (exact) mass is 415 g/mol. The lowest BCUT2D eigenvalue weighted by atomic mass is 9.97. The molecule has 1 aliphatic heterocycles. The molecule has 1 aliphatic rings. The van der Waals surface area contributed by atoms with Gasteiger partial charge >= 0.3 is 0 Å². The molecule has 9 heteroatoms. The van der Waals surface area contributed by atoms with Gasteiger partial charge in [-0.2, -0.15) is 0 Å². The van der Waals surface area contributed by atoms with E-state index in [1.54, 1.807) is 14.2 Å². The Labute approximate surface area is 174 Å². The summed E-state index contributed by atoms with van der Waals surface area (Å²) < 4.78 is 16.0. The fraction of sp³-hybridized carbons (Fsp3) is 0.381. The summed E-state index contributed by atoms with van der Waals surface area (Å²) in [6.45, 7) is 3.09. The lowest BCUT2D eigenvalue weighted by Crippen LogP contribution is -2.44. The average Bonchev–Trinajstić information content (AvgIpc) is 2.76. The fourth-order valence-electron chi connectivity index (χ4n) is 3.55. The lowest BCUT2D eigenvalue weighted by Gasteiger charge is -2.33. The zero-order valence-electron chi connectivity index (χ0n) is 17.4. The van der Waals surface area contributed by atoms with E-state index in [4.69, 9.17) is 14.2 Å². The molecule has 0 aromatic heterocycles. The molecule has 0 bridgehead atoms. The Kier molecular flexibility index (Phi) is 6.41. The van der Waals surface area contributed by atoms with E-state index in [1.807, 2.05) is 24.0 Å². The van der Waals surface area contributed by atoms with Crippen LogP contribution in [0.25, 0.3) is 0 Å². The minimum atomic E-state index is -0.512. The van der Waals surface area contributed by atoms with E-state index < -0.39 is 11.0 Å². The van der Waals surface area contributed by atoms with E-state index in [1.165, 1.54) is 25.3 Å². The number of ether oxygens (including phenoxy) is 3. The number of fused-ring (bicyclic) bond motifs is 1. The van der Waals surface area contributed by atoms with E-state index >= 15 is 0 Å². The predicted octanol–water partition coefficient (Wildman–Crippen LogP) is 3.01. The quantitative estimate of drug-likeness (QED) is 0.548. The maximum atomic E-state index is 12.9. The highest BCUT2D eigenvalue weighted by atomic mass is 16.6. The van der Waals surface area contributed by atoms with Crippen molar-refractivity contribution in [3.8, 4) is 17.2 Å². The van der Waals surface area contributed by atoms with Gasteiger partial charge in [0.25, 0.3) is 5.69 Å². The van der Waals surface area contributed by atoms with Gasteiger partial charge < -0.3 is 19.5 Å². The number of amides is 1. The van der Waals surface area contributed by atoms with Crippen LogP contribution in [0, 0.1) is 10.1 Å². The van der Waals surface area contributed by atoms with Crippen molar-refractivity contribution in [2.45, 2.75) is 25.9 Å². The van der Waals surface area contributed by atoms with Gasteiger partial charge in [0.05, 0.1) is 38.0 Å². The van der Waals surface area contributed by atoms with Crippen LogP contribution in [0.3, 0.4) is 0 Å². The van der Waals surface area contributed by atoms with Crippen molar-refractivity contribution in [2.24, 2.45) is 0 Å². The average molecular weight is 415 g/mol. The largest absolute Gasteiger partial charge is 0.495 e. The van der Waals surface area contributed by atoms with Crippen LogP contribution in [-0.4, -0.2) is 49.6 Å². The molecular formula is C21H25N3O6. The standard InChI is InChI=1S/C21H25N3O6/c1-13(21(25)22-17-11-16(24(26)27)5-6-18(17)28-2)23-8-7-14-9-19(29-3)20(30-4)10-15(14)12-23/h5-6,9-11,13H,7-8,12H2,1-4H3,(H,22,25)/t13-/m0/s1. The molecule has 0 saturated carbocycles. The molecule has 0 spiro atoms. The summed E-state index contributed by atoms with van der Waals surface area (Å²) in [4.78, 5) is 25.5. The summed E-state index contributed by atoms with van der Waals surface area (Å²) in [5.74, 6) is 1.43. The third-order valence-corrected chi connectivity index (χ3v) is 5.33. The van der Waals surface area contributed by atoms with Gasteiger partial charge in [0.1, 0.15) is 5.75 Å². The first-order valence-corrected chi connectivity index (χ1v) is 9.49. The van der Waals surface area contributed by atoms with Crippen LogP contribution in [0.15, 0.2) is 30.3 Å². The second kappa shape index (κ2) is 9.00. The van der Waals surface area contributed by atoms with Crippen molar-refractivity contribution in [3.05, 3.63) is 51.6 Å². The van der Waals surface area contributed by atoms with E-state index in [9.17, 15) is 14.9 Å². The predicted molar refractivity (Wildman–Crippen MR) is 111 cm³/mol. The number of nitro benzene ring substituents is 1. The Balaban J connectivity index is 1.76. The smallest absolute Gasteiger partial charge is 0.271 e. The third-order valence-electron chi connectivity index (χ3n) is 5.33. The Hall–Kier alpha value is -3.33. The molecule has 1 N–H and O–H groups in total. The zero-order chi connectivity index (χ0) is 21.8. The van der Waals surface area contributed by atoms with Crippen LogP contribution < -0.4 is 19.5 Å². The topological polar surface area (TPSA) is 103 Å². The minimum Gasteiger partial charge on any atom is -0.495 e. The van der Waals surface area contributed by atoms with Crippen molar-refractivity contribution in [2.75, 3.05) is 33.2 Å². The summed E-state index contributed by atoms with van der Waals surface area (Å²) >= 11 is 0. The molecular weight excluding hydrogens is 390 g/mol. The normalized spacial score (nSPS) is 14.4. The number of non-ortho nitro benzene ring substituents is 1. The van der Waals surface area contributed by atoms with Gasteiger partial charge in [-0.25, -0.2) is 0 Å². The maximum absolute atomic E-state index is 12.9. The number of anilines is 1. The molecule has 2 aromatic carbocycles. The van der Waals surface area contributed by atoms with Crippen molar-refractivity contribution in [1.82, 2.24) is 4.90 Å². The Morgan fingerprint density at radius 2 is 1.70 bits per heavy atom. The number of methoxy groups -OCH3 is 3. The zero-order valence-corrected chi connectivity index (χ0v) is 17.4. The van der Waals surface area contributed by atoms with Gasteiger partial charge in [0.2, 0.25) is 5.91 Å². The molecule has 0 unspecified atom stereocenters. The first kappa shape index (κ1) is 21.4. The van der Waals surface area contributed by atoms with E-state index in [-0.39, 0.29) is 17.3 Å². The van der Waals surface area contributed by atoms with Crippen LogP contribution in [0.2, 0.25) is 0 Å². The van der Waals surface area contributed by atoms with E-state index in [2.05, 4.69) is 5.32 Å². The van der Waals surface area contributed by atoms with Gasteiger partial charge in [-0.1, -0.05) is 0 Å². The molecule has 1 atom stereocenters. The number of benzene rings is 2. The second-order valence-corrected chi connectivity index (χ2v) is 7.00. The van der Waals surface area contributed by atoms with Crippen LogP contribution in [-0.2, 0) is 17.8 Å². The molecule has 0 saturated heterocycles. The van der Waals surface area contributed by atoms with Gasteiger partial charge in [-0.15, -0.1) is 0 Å². The second-order valence-electron chi connectivity index (χ2n) is 7.00. The number of carbonyl (C=O) groups excluding carboxylic acids is 1. The van der Waals surface area contributed by atoms with Crippen molar-refractivity contribution < 1.29 is 23.9 Å². The molecule has 9 nitrogen and oxygen atoms in total. The molecule has 0 aliphatic carbocycles. The molecule has 0 radical (unpaired) electrons. The minimum absolute atomic E-state index is 0.119. The van der Waals surface area contributed by atoms with Crippen LogP contribution in [0.4, 0.5) is 11.4 Å². The first-order valence-electron chi connectivity index (χ1n) is 9.49. The SMILES string of the molecule is COc1ccc([N+](=O)[O-])cc1NC(=O)[C@H](C)N1CCc2cc(OC)c(OC)cc2C1. The number of nitrogens with one attached hydrogen (secondary N) is 1. The summed E-state index contributed by atoms with van der Waals surface area (Å²) in [5, 5.41) is 13.8. The number of nitro groups is 1. The van der Waals surface area contributed by atoms with E-state index in [0.29, 0.717) is 30.3 Å². The Morgan fingerprint density at radius 3 is 2.30 bits per heavy atom. The summed E-state index contributed by atoms with van der Waals surface area (Å²) in [6, 6.07) is 7.57. The number of hydrogen-bond acceptors (Lipinski definition) is 7. The van der Waals surface area contributed by atoms with Crippen LogP contribution in [0.5, 0.6) is 17.2 Å². The highest BCUT2D eigenvalue weighted by Crippen LogP contribution is 2.34. The number of hydrogen-bond donors (Lipinski definition) is 1. The number of carbonyl (C=O) groups is 1. The summed E-state index contributed by atoms with van der Waals surface area (Å²) in [5.41, 5.74) is 2.39. The van der Waals surface area contributed by atoms with Gasteiger partial charge in [0.15, 0.2) is 11.5 Å². The van der Waals surface area contributed by atoms with Crippen LogP contribution in [0.1, 0.15) is 18.1 Å². The van der Waals surface area contributed by atoms with Crippen molar-refractivity contribution >= 4 is 17.3 Å². The van der Waals surface area contributed by atoms with Gasteiger partial charge in [-0.05, 0) is 42.7 Å². The fourth-order valence-corrected chi connectivity index (χ4v) is 3.55. The van der Waals surface area contributed by atoms with Gasteiger partial charge in [0, 0.05) is 25.2 Å². The first-order chi connectivity index (χ1) is 14.4. The third kappa shape index (κ3) is 4.30. The highest BCUT2D eigenvalue weighted by molar-refractivity contribution is 5.96.